The summed E-state index contributed by atoms with van der Waals surface area (Å²) in [5.74, 6) is -3.20. The number of aliphatic hydroxyl groups is 1. The van der Waals surface area contributed by atoms with Crippen LogP contribution in [0.5, 0.6) is 0 Å². The Balaban J connectivity index is 0.0000106. The maximum Gasteiger partial charge on any atom is 0.272 e. The predicted octanol–water partition coefficient (Wildman–Crippen LogP) is -0.794. The summed E-state index contributed by atoms with van der Waals surface area (Å²) in [7, 11) is 0. The molecular formula is C30H58N10O5Zn. The van der Waals surface area contributed by atoms with E-state index in [1.165, 1.54) is 5.48 Å². The first-order chi connectivity index (χ1) is 21.4. The van der Waals surface area contributed by atoms with Gasteiger partial charge >= 0.3 is 0 Å². The van der Waals surface area contributed by atoms with Crippen LogP contribution in [0.1, 0.15) is 66.0 Å². The standard InChI is InChI=1S/C30H58N10O5.Zn/c1-22(2)19-24(25(41)28(43)37-45)27(42)35-26(30(3,4)5)29(44)34-12-8-17-40-21-23(36-38-40)20-39-16-7-11-32-14-13-31-9-6-10-33-15-18-39;/h21-22,24-26,31-33,41,45H,6-20H2,1-5H3,(H,34,44)(H,35,42)(H,37,43);/t24-,25+,26-;/m1./s1. The molecule has 1 aliphatic rings. The number of hydrogen-bond acceptors (Lipinski definition) is 11. The summed E-state index contributed by atoms with van der Waals surface area (Å²) in [6.07, 6.45) is 3.17. The second kappa shape index (κ2) is 22.5. The average molecular weight is 704 g/mol. The van der Waals surface area contributed by atoms with Crippen molar-refractivity contribution in [1.29, 1.82) is 0 Å². The minimum Gasteiger partial charge on any atom is -0.382 e. The van der Waals surface area contributed by atoms with Gasteiger partial charge in [-0.2, -0.15) is 0 Å². The van der Waals surface area contributed by atoms with E-state index in [-0.39, 0.29) is 37.7 Å². The molecule has 3 amide bonds. The number of carbonyl (C=O) groups excluding carboxylic acids is 3. The Hall–Kier alpha value is -2.07. The number of aryl methyl sites for hydroxylation is 1. The van der Waals surface area contributed by atoms with Crippen molar-refractivity contribution in [3.8, 4) is 0 Å². The number of hydroxylamine groups is 1. The monoisotopic (exact) mass is 702 g/mol. The molecule has 3 atom stereocenters. The van der Waals surface area contributed by atoms with Crippen LogP contribution in [0.3, 0.4) is 0 Å². The van der Waals surface area contributed by atoms with Crippen molar-refractivity contribution < 1.29 is 44.2 Å². The van der Waals surface area contributed by atoms with Crippen LogP contribution in [0.2, 0.25) is 0 Å². The molecule has 0 radical (unpaired) electrons. The van der Waals surface area contributed by atoms with Crippen molar-refractivity contribution in [3.05, 3.63) is 11.9 Å². The van der Waals surface area contributed by atoms with Gasteiger partial charge in [-0.05, 0) is 63.2 Å². The Morgan fingerprint density at radius 1 is 0.957 bits per heavy atom. The number of nitrogens with one attached hydrogen (secondary N) is 6. The molecule has 0 unspecified atom stereocenters. The summed E-state index contributed by atoms with van der Waals surface area (Å²) in [5, 5.41) is 44.0. The number of nitrogens with zero attached hydrogens (tertiary/aromatic N) is 4. The van der Waals surface area contributed by atoms with Crippen LogP contribution in [0.15, 0.2) is 6.20 Å². The molecule has 0 aliphatic carbocycles. The number of aliphatic hydroxyl groups excluding tert-OH is 1. The quantitative estimate of drug-likeness (QED) is 0.0555. The normalized spacial score (nSPS) is 18.0. The molecule has 260 valence electrons. The van der Waals surface area contributed by atoms with Crippen molar-refractivity contribution in [2.45, 2.75) is 85.5 Å². The molecule has 2 heterocycles. The topological polar surface area (TPSA) is 198 Å². The Morgan fingerprint density at radius 3 is 2.24 bits per heavy atom. The fraction of sp³-hybridized carbons (Fsp3) is 0.833. The number of carbonyl (C=O) groups is 3. The molecule has 0 saturated carbocycles. The molecule has 0 spiro atoms. The fourth-order valence-corrected chi connectivity index (χ4v) is 5.19. The molecule has 46 heavy (non-hydrogen) atoms. The zero-order valence-corrected chi connectivity index (χ0v) is 31.6. The predicted molar refractivity (Wildman–Crippen MR) is 171 cm³/mol. The van der Waals surface area contributed by atoms with Crippen LogP contribution < -0.4 is 32.1 Å². The molecule has 0 aromatic carbocycles. The van der Waals surface area contributed by atoms with Gasteiger partial charge in [0.1, 0.15) is 12.1 Å². The van der Waals surface area contributed by atoms with Gasteiger partial charge in [-0.3, -0.25) is 29.2 Å². The second-order valence-corrected chi connectivity index (χ2v) is 13.3. The Kier molecular flexibility index (Phi) is 20.5. The first-order valence-electron chi connectivity index (χ1n) is 16.4. The minimum absolute atomic E-state index is 0. The first-order valence-corrected chi connectivity index (χ1v) is 16.4. The summed E-state index contributed by atoms with van der Waals surface area (Å²) >= 11 is 0. The zero-order chi connectivity index (χ0) is 33.2. The molecule has 1 saturated heterocycles. The van der Waals surface area contributed by atoms with Crippen LogP contribution in [-0.4, -0.2) is 119 Å². The summed E-state index contributed by atoms with van der Waals surface area (Å²) in [6, 6.07) is -0.905. The van der Waals surface area contributed by atoms with Crippen LogP contribution in [-0.2, 0) is 47.0 Å². The van der Waals surface area contributed by atoms with Gasteiger partial charge in [-0.25, -0.2) is 5.48 Å². The zero-order valence-electron chi connectivity index (χ0n) is 28.6. The molecule has 15 nitrogen and oxygen atoms in total. The molecule has 8 N–H and O–H groups in total. The second-order valence-electron chi connectivity index (χ2n) is 13.3. The van der Waals surface area contributed by atoms with Gasteiger partial charge in [0.25, 0.3) is 5.91 Å². The van der Waals surface area contributed by atoms with E-state index in [1.807, 2.05) is 40.8 Å². The largest absolute Gasteiger partial charge is 0.382 e. The summed E-state index contributed by atoms with van der Waals surface area (Å²) in [4.78, 5) is 40.6. The summed E-state index contributed by atoms with van der Waals surface area (Å²) < 4.78 is 1.78. The van der Waals surface area contributed by atoms with E-state index < -0.39 is 35.3 Å². The third kappa shape index (κ3) is 16.2. The molecule has 0 bridgehead atoms. The van der Waals surface area contributed by atoms with Gasteiger partial charge in [0.15, 0.2) is 0 Å². The van der Waals surface area contributed by atoms with Crippen molar-refractivity contribution >= 4 is 17.7 Å². The van der Waals surface area contributed by atoms with Crippen molar-refractivity contribution in [2.75, 3.05) is 58.9 Å². The van der Waals surface area contributed by atoms with Gasteiger partial charge in [0.05, 0.1) is 11.6 Å². The van der Waals surface area contributed by atoms with E-state index in [2.05, 4.69) is 41.8 Å². The van der Waals surface area contributed by atoms with E-state index in [0.29, 0.717) is 19.5 Å². The van der Waals surface area contributed by atoms with Gasteiger partial charge < -0.3 is 31.7 Å². The van der Waals surface area contributed by atoms with E-state index in [4.69, 9.17) is 5.21 Å². The third-order valence-corrected chi connectivity index (χ3v) is 7.69. The van der Waals surface area contributed by atoms with Gasteiger partial charge in [-0.1, -0.05) is 39.8 Å². The van der Waals surface area contributed by atoms with E-state index in [0.717, 1.165) is 77.4 Å². The number of hydrogen-bond donors (Lipinski definition) is 8. The number of amides is 3. The number of aromatic nitrogens is 3. The van der Waals surface area contributed by atoms with Crippen LogP contribution in [0, 0.1) is 17.3 Å². The summed E-state index contributed by atoms with van der Waals surface area (Å²) in [6.45, 7) is 18.6. The van der Waals surface area contributed by atoms with Crippen LogP contribution in [0.4, 0.5) is 0 Å². The first kappa shape index (κ1) is 42.0. The molecule has 16 heteroatoms. The number of rotatable bonds is 13. The van der Waals surface area contributed by atoms with Crippen molar-refractivity contribution in [1.82, 2.24) is 52.0 Å². The molecule has 1 fully saturated rings. The molecular weight excluding hydrogens is 646 g/mol. The van der Waals surface area contributed by atoms with Crippen molar-refractivity contribution in [2.24, 2.45) is 17.3 Å². The Bertz CT molecular complexity index is 1010. The Labute approximate surface area is 286 Å². The molecule has 2 rings (SSSR count). The maximum absolute atomic E-state index is 13.2. The van der Waals surface area contributed by atoms with Crippen LogP contribution >= 0.6 is 0 Å². The molecule has 1 aromatic rings. The fourth-order valence-electron chi connectivity index (χ4n) is 5.19. The van der Waals surface area contributed by atoms with E-state index >= 15 is 0 Å². The van der Waals surface area contributed by atoms with E-state index in [9.17, 15) is 19.5 Å². The Morgan fingerprint density at radius 2 is 1.61 bits per heavy atom. The smallest absolute Gasteiger partial charge is 0.272 e. The van der Waals surface area contributed by atoms with Gasteiger partial charge in [0.2, 0.25) is 11.8 Å². The molecule has 1 aromatic heterocycles. The third-order valence-electron chi connectivity index (χ3n) is 7.69. The van der Waals surface area contributed by atoms with E-state index in [1.54, 1.807) is 4.68 Å². The van der Waals surface area contributed by atoms with Gasteiger partial charge in [-0.15, -0.1) is 5.10 Å². The minimum atomic E-state index is -1.75. The summed E-state index contributed by atoms with van der Waals surface area (Å²) in [5.41, 5.74) is 1.66. The van der Waals surface area contributed by atoms with Crippen molar-refractivity contribution in [3.63, 3.8) is 0 Å². The maximum atomic E-state index is 13.2. The van der Waals surface area contributed by atoms with Gasteiger partial charge in [0, 0.05) is 71.5 Å². The molecule has 1 aliphatic heterocycles. The SMILES string of the molecule is CC(C)C[C@@H](C(=O)N[C@H](C(=O)NCCCn1cc(CN2CCCNCCNCCCNCC2)nn1)C(C)(C)C)[C@H](O)C(=O)NO.[Zn]. The van der Waals surface area contributed by atoms with Crippen LogP contribution in [0.25, 0.3) is 0 Å². The average Bonchev–Trinajstić information content (AvgIpc) is 3.44.